The van der Waals surface area contributed by atoms with E-state index in [0.717, 1.165) is 31.2 Å². The first kappa shape index (κ1) is 24.5. The van der Waals surface area contributed by atoms with Crippen molar-refractivity contribution in [2.24, 2.45) is 5.92 Å². The van der Waals surface area contributed by atoms with Gasteiger partial charge in [0.1, 0.15) is 0 Å². The van der Waals surface area contributed by atoms with Gasteiger partial charge in [-0.25, -0.2) is 8.42 Å². The molecule has 1 aliphatic rings. The van der Waals surface area contributed by atoms with Crippen LogP contribution < -0.4 is 10.0 Å². The lowest BCUT2D eigenvalue weighted by Gasteiger charge is -2.32. The van der Waals surface area contributed by atoms with Crippen molar-refractivity contribution in [2.75, 3.05) is 24.4 Å². The molecule has 0 aliphatic carbocycles. The lowest BCUT2D eigenvalue weighted by molar-refractivity contribution is -0.126. The summed E-state index contributed by atoms with van der Waals surface area (Å²) < 4.78 is 27.9. The van der Waals surface area contributed by atoms with Gasteiger partial charge in [-0.2, -0.15) is 0 Å². The second-order valence-electron chi connectivity index (χ2n) is 8.20. The van der Waals surface area contributed by atoms with Gasteiger partial charge in [-0.3, -0.25) is 14.3 Å². The van der Waals surface area contributed by atoms with E-state index < -0.39 is 10.0 Å². The number of nitrogens with zero attached hydrogens (tertiary/aromatic N) is 1. The van der Waals surface area contributed by atoms with Crippen LogP contribution in [-0.2, 0) is 21.2 Å². The second kappa shape index (κ2) is 11.1. The number of amides is 2. The van der Waals surface area contributed by atoms with Crippen LogP contribution in [0.5, 0.6) is 0 Å². The first-order valence-corrected chi connectivity index (χ1v) is 12.7. The Labute approximate surface area is 195 Å². The summed E-state index contributed by atoms with van der Waals surface area (Å²) in [5, 5.41) is 2.79. The lowest BCUT2D eigenvalue weighted by Crippen LogP contribution is -2.45. The highest BCUT2D eigenvalue weighted by Gasteiger charge is 2.28. The van der Waals surface area contributed by atoms with E-state index >= 15 is 0 Å². The van der Waals surface area contributed by atoms with E-state index in [-0.39, 0.29) is 22.6 Å². The van der Waals surface area contributed by atoms with Gasteiger partial charge in [-0.1, -0.05) is 31.6 Å². The zero-order chi connectivity index (χ0) is 23.8. The Morgan fingerprint density at radius 1 is 1.12 bits per heavy atom. The van der Waals surface area contributed by atoms with Crippen molar-refractivity contribution in [2.45, 2.75) is 37.5 Å². The predicted molar refractivity (Wildman–Crippen MR) is 130 cm³/mol. The molecule has 0 radical (unpaired) electrons. The number of likely N-dealkylation sites (tertiary alicyclic amines) is 1. The number of hydrogen-bond donors (Lipinski definition) is 2. The number of aryl methyl sites for hydroxylation is 1. The van der Waals surface area contributed by atoms with Gasteiger partial charge in [0.15, 0.2) is 0 Å². The number of carbonyl (C=O) groups is 2. The molecular weight excluding hydrogens is 438 g/mol. The van der Waals surface area contributed by atoms with E-state index in [1.54, 1.807) is 47.4 Å². The zero-order valence-electron chi connectivity index (χ0n) is 18.9. The monoisotopic (exact) mass is 469 g/mol. The molecule has 1 fully saturated rings. The Balaban J connectivity index is 1.63. The minimum atomic E-state index is -3.72. The molecule has 176 valence electrons. The van der Waals surface area contributed by atoms with Crippen molar-refractivity contribution in [1.29, 1.82) is 0 Å². The molecule has 3 rings (SSSR count). The molecule has 0 bridgehead atoms. The summed E-state index contributed by atoms with van der Waals surface area (Å²) in [5.41, 5.74) is 1.93. The van der Waals surface area contributed by atoms with Crippen LogP contribution in [0.4, 0.5) is 5.69 Å². The molecule has 1 aliphatic heterocycles. The number of rotatable bonds is 9. The van der Waals surface area contributed by atoms with Crippen molar-refractivity contribution in [3.05, 3.63) is 72.3 Å². The Bertz CT molecular complexity index is 1080. The lowest BCUT2D eigenvalue weighted by atomic mass is 9.96. The van der Waals surface area contributed by atoms with Crippen molar-refractivity contribution in [3.8, 4) is 0 Å². The van der Waals surface area contributed by atoms with Crippen LogP contribution in [0.25, 0.3) is 0 Å². The Kier molecular flexibility index (Phi) is 8.27. The van der Waals surface area contributed by atoms with Gasteiger partial charge in [-0.15, -0.1) is 6.58 Å². The van der Waals surface area contributed by atoms with Crippen LogP contribution in [0.15, 0.2) is 66.1 Å². The fourth-order valence-corrected chi connectivity index (χ4v) is 4.95. The Morgan fingerprint density at radius 2 is 1.82 bits per heavy atom. The molecule has 33 heavy (non-hydrogen) atoms. The minimum Gasteiger partial charge on any atom is -0.352 e. The van der Waals surface area contributed by atoms with E-state index in [2.05, 4.69) is 23.5 Å². The minimum absolute atomic E-state index is 0.0696. The van der Waals surface area contributed by atoms with E-state index in [9.17, 15) is 18.0 Å². The van der Waals surface area contributed by atoms with Crippen LogP contribution in [0.3, 0.4) is 0 Å². The van der Waals surface area contributed by atoms with E-state index in [4.69, 9.17) is 0 Å². The van der Waals surface area contributed by atoms with Crippen LogP contribution in [0.1, 0.15) is 42.1 Å². The molecular formula is C25H31N3O4S. The summed E-state index contributed by atoms with van der Waals surface area (Å²) in [7, 11) is -3.72. The fourth-order valence-electron chi connectivity index (χ4n) is 3.89. The average molecular weight is 470 g/mol. The van der Waals surface area contributed by atoms with Gasteiger partial charge in [0.2, 0.25) is 5.91 Å². The number of anilines is 1. The summed E-state index contributed by atoms with van der Waals surface area (Å²) in [6, 6.07) is 13.2. The molecule has 0 saturated carbocycles. The van der Waals surface area contributed by atoms with Gasteiger partial charge >= 0.3 is 0 Å². The van der Waals surface area contributed by atoms with Gasteiger partial charge in [-0.05, 0) is 61.2 Å². The van der Waals surface area contributed by atoms with Crippen LogP contribution >= 0.6 is 0 Å². The third kappa shape index (κ3) is 6.44. The van der Waals surface area contributed by atoms with Crippen molar-refractivity contribution >= 4 is 27.5 Å². The molecule has 1 atom stereocenters. The van der Waals surface area contributed by atoms with Crippen molar-refractivity contribution in [1.82, 2.24) is 10.2 Å². The largest absolute Gasteiger partial charge is 0.352 e. The molecule has 7 nitrogen and oxygen atoms in total. The molecule has 8 heteroatoms. The molecule has 1 heterocycles. The van der Waals surface area contributed by atoms with Gasteiger partial charge < -0.3 is 10.2 Å². The highest BCUT2D eigenvalue weighted by molar-refractivity contribution is 7.92. The normalized spacial score (nSPS) is 16.2. The molecule has 2 amide bonds. The average Bonchev–Trinajstić information content (AvgIpc) is 2.83. The first-order valence-electron chi connectivity index (χ1n) is 11.2. The van der Waals surface area contributed by atoms with Crippen molar-refractivity contribution < 1.29 is 18.0 Å². The zero-order valence-corrected chi connectivity index (χ0v) is 19.7. The maximum atomic E-state index is 12.9. The standard InChI is InChI=1S/C25H31N3O4S/c1-3-6-19-8-14-23(15-9-19)33(31,32)27-22-12-10-20(11-13-22)25(30)28-17-5-7-21(18-28)24(29)26-16-4-2/h4,8-15,21,27H,2-3,5-7,16-18H2,1H3,(H,26,29)/t21-/m0/s1. The molecule has 0 spiro atoms. The fraction of sp³-hybridized carbons (Fsp3) is 0.360. The smallest absolute Gasteiger partial charge is 0.261 e. The maximum Gasteiger partial charge on any atom is 0.261 e. The Morgan fingerprint density at radius 3 is 2.45 bits per heavy atom. The number of carbonyl (C=O) groups excluding carboxylic acids is 2. The van der Waals surface area contributed by atoms with E-state index in [0.29, 0.717) is 30.9 Å². The number of nitrogens with one attached hydrogen (secondary N) is 2. The maximum absolute atomic E-state index is 12.9. The second-order valence-corrected chi connectivity index (χ2v) is 9.88. The summed E-state index contributed by atoms with van der Waals surface area (Å²) >= 11 is 0. The van der Waals surface area contributed by atoms with E-state index in [1.807, 2.05) is 12.1 Å². The van der Waals surface area contributed by atoms with Crippen LogP contribution in [0, 0.1) is 5.92 Å². The number of hydrogen-bond acceptors (Lipinski definition) is 4. The number of sulfonamides is 1. The number of piperidine rings is 1. The Hall–Kier alpha value is -3.13. The summed E-state index contributed by atoms with van der Waals surface area (Å²) in [6.07, 6.45) is 5.02. The van der Waals surface area contributed by atoms with Gasteiger partial charge in [0.25, 0.3) is 15.9 Å². The van der Waals surface area contributed by atoms with Gasteiger partial charge in [0, 0.05) is 30.9 Å². The highest BCUT2D eigenvalue weighted by Crippen LogP contribution is 2.21. The summed E-state index contributed by atoms with van der Waals surface area (Å²) in [4.78, 5) is 27.0. The molecule has 1 saturated heterocycles. The summed E-state index contributed by atoms with van der Waals surface area (Å²) in [5.74, 6) is -0.477. The molecule has 0 unspecified atom stereocenters. The quantitative estimate of drug-likeness (QED) is 0.549. The van der Waals surface area contributed by atoms with Gasteiger partial charge in [0.05, 0.1) is 10.8 Å². The number of benzene rings is 2. The third-order valence-electron chi connectivity index (χ3n) is 5.66. The highest BCUT2D eigenvalue weighted by atomic mass is 32.2. The molecule has 2 aromatic rings. The topological polar surface area (TPSA) is 95.6 Å². The first-order chi connectivity index (χ1) is 15.8. The third-order valence-corrected chi connectivity index (χ3v) is 7.05. The van der Waals surface area contributed by atoms with Crippen molar-refractivity contribution in [3.63, 3.8) is 0 Å². The van der Waals surface area contributed by atoms with Crippen LogP contribution in [0.2, 0.25) is 0 Å². The van der Waals surface area contributed by atoms with E-state index in [1.165, 1.54) is 0 Å². The van der Waals surface area contributed by atoms with Crippen LogP contribution in [-0.4, -0.2) is 44.8 Å². The molecule has 2 N–H and O–H groups in total. The predicted octanol–water partition coefficient (Wildman–Crippen LogP) is 3.59. The summed E-state index contributed by atoms with van der Waals surface area (Å²) in [6.45, 7) is 7.03. The molecule has 2 aromatic carbocycles. The molecule has 0 aromatic heterocycles. The SMILES string of the molecule is C=CCNC(=O)[C@H]1CCCN(C(=O)c2ccc(NS(=O)(=O)c3ccc(CCC)cc3)cc2)C1.